The van der Waals surface area contributed by atoms with E-state index in [9.17, 15) is 22.8 Å². The molecule has 0 spiro atoms. The average Bonchev–Trinajstić information content (AvgIpc) is 3.29. The number of likely N-dealkylation sites (tertiary alicyclic amines) is 1. The number of piperidine rings is 1. The molecule has 9 heteroatoms. The molecule has 1 saturated heterocycles. The number of rotatable bonds is 4. The number of carbonyl (C=O) groups is 2. The number of hydrogen-bond acceptors (Lipinski definition) is 4. The summed E-state index contributed by atoms with van der Waals surface area (Å²) in [5.41, 5.74) is -0.118. The van der Waals surface area contributed by atoms with E-state index in [4.69, 9.17) is 0 Å². The van der Waals surface area contributed by atoms with Gasteiger partial charge in [-0.2, -0.15) is 13.2 Å². The molecule has 1 aromatic rings. The highest BCUT2D eigenvalue weighted by molar-refractivity contribution is 5.84. The number of amides is 2. The normalized spacial score (nSPS) is 26.6. The minimum Gasteiger partial charge on any atom is -0.359 e. The first-order valence-corrected chi connectivity index (χ1v) is 12.3. The van der Waals surface area contributed by atoms with Gasteiger partial charge in [0, 0.05) is 50.4 Å². The summed E-state index contributed by atoms with van der Waals surface area (Å²) in [5.74, 6) is 0.358. The maximum absolute atomic E-state index is 13.9. The van der Waals surface area contributed by atoms with Crippen LogP contribution < -0.4 is 5.32 Å². The van der Waals surface area contributed by atoms with Crippen molar-refractivity contribution in [3.63, 3.8) is 0 Å². The quantitative estimate of drug-likeness (QED) is 0.715. The molecule has 2 aliphatic heterocycles. The Morgan fingerprint density at radius 1 is 1.18 bits per heavy atom. The van der Waals surface area contributed by atoms with Crippen LogP contribution in [0.25, 0.3) is 0 Å². The molecule has 2 amide bonds. The van der Waals surface area contributed by atoms with Gasteiger partial charge in [0.25, 0.3) is 0 Å². The van der Waals surface area contributed by atoms with Gasteiger partial charge in [0.05, 0.1) is 11.0 Å². The number of carbonyl (C=O) groups excluding carboxylic acids is 2. The van der Waals surface area contributed by atoms with Crippen molar-refractivity contribution in [3.05, 3.63) is 29.1 Å². The molecule has 2 fully saturated rings. The molecule has 3 aliphatic rings. The van der Waals surface area contributed by atoms with E-state index in [-0.39, 0.29) is 30.2 Å². The van der Waals surface area contributed by atoms with E-state index in [1.165, 1.54) is 0 Å². The van der Waals surface area contributed by atoms with E-state index in [1.54, 1.807) is 11.9 Å². The molecule has 1 unspecified atom stereocenters. The molecule has 2 atom stereocenters. The number of halogens is 3. The van der Waals surface area contributed by atoms with Gasteiger partial charge in [-0.3, -0.25) is 14.6 Å². The van der Waals surface area contributed by atoms with E-state index in [2.05, 4.69) is 29.0 Å². The van der Waals surface area contributed by atoms with Crippen molar-refractivity contribution in [3.8, 4) is 0 Å². The molecule has 34 heavy (non-hydrogen) atoms. The second kappa shape index (κ2) is 9.47. The average molecular weight is 481 g/mol. The van der Waals surface area contributed by atoms with Crippen molar-refractivity contribution in [2.75, 3.05) is 26.7 Å². The van der Waals surface area contributed by atoms with E-state index in [0.29, 0.717) is 30.3 Å². The van der Waals surface area contributed by atoms with Crippen LogP contribution >= 0.6 is 0 Å². The first-order valence-electron chi connectivity index (χ1n) is 12.3. The lowest BCUT2D eigenvalue weighted by Gasteiger charge is -2.41. The largest absolute Gasteiger partial charge is 0.417 e. The first-order chi connectivity index (χ1) is 16.0. The third-order valence-electron chi connectivity index (χ3n) is 8.37. The van der Waals surface area contributed by atoms with Crippen molar-refractivity contribution < 1.29 is 22.8 Å². The lowest BCUT2D eigenvalue weighted by atomic mass is 9.73. The van der Waals surface area contributed by atoms with Crippen LogP contribution in [-0.2, 0) is 28.7 Å². The Balaban J connectivity index is 1.46. The van der Waals surface area contributed by atoms with Crippen molar-refractivity contribution in [2.45, 2.75) is 71.1 Å². The summed E-state index contributed by atoms with van der Waals surface area (Å²) >= 11 is 0. The van der Waals surface area contributed by atoms with Crippen LogP contribution in [0.1, 0.15) is 62.8 Å². The second-order valence-electron chi connectivity index (χ2n) is 10.4. The molecular formula is C25H35F3N4O2. The predicted molar refractivity (Wildman–Crippen MR) is 122 cm³/mol. The van der Waals surface area contributed by atoms with Gasteiger partial charge in [0.1, 0.15) is 0 Å². The summed E-state index contributed by atoms with van der Waals surface area (Å²) in [5, 5.41) is 2.74. The van der Waals surface area contributed by atoms with Crippen molar-refractivity contribution in [2.24, 2.45) is 17.3 Å². The molecule has 4 rings (SSSR count). The predicted octanol–water partition coefficient (Wildman–Crippen LogP) is 3.64. The molecule has 0 bridgehead atoms. The highest BCUT2D eigenvalue weighted by Crippen LogP contribution is 2.48. The maximum atomic E-state index is 13.9. The smallest absolute Gasteiger partial charge is 0.359 e. The number of alkyl halides is 3. The highest BCUT2D eigenvalue weighted by atomic mass is 19.4. The molecule has 1 aromatic heterocycles. The van der Waals surface area contributed by atoms with Gasteiger partial charge < -0.3 is 15.1 Å². The minimum absolute atomic E-state index is 0.0581. The van der Waals surface area contributed by atoms with Crippen molar-refractivity contribution >= 4 is 11.8 Å². The minimum atomic E-state index is -4.45. The zero-order chi connectivity index (χ0) is 24.7. The number of aromatic nitrogens is 1. The van der Waals surface area contributed by atoms with Gasteiger partial charge in [-0.1, -0.05) is 13.8 Å². The van der Waals surface area contributed by atoms with E-state index >= 15 is 0 Å². The summed E-state index contributed by atoms with van der Waals surface area (Å²) in [7, 11) is 1.67. The Hall–Kier alpha value is -2.16. The van der Waals surface area contributed by atoms with Crippen LogP contribution in [0.15, 0.2) is 12.3 Å². The molecule has 1 aliphatic carbocycles. The van der Waals surface area contributed by atoms with Crippen molar-refractivity contribution in [1.29, 1.82) is 0 Å². The van der Waals surface area contributed by atoms with Crippen molar-refractivity contribution in [1.82, 2.24) is 20.1 Å². The topological polar surface area (TPSA) is 65.5 Å². The van der Waals surface area contributed by atoms with Crippen LogP contribution in [0.2, 0.25) is 0 Å². The maximum Gasteiger partial charge on any atom is 0.417 e. The Kier molecular flexibility index (Phi) is 6.95. The van der Waals surface area contributed by atoms with Gasteiger partial charge in [-0.05, 0) is 62.7 Å². The molecule has 0 radical (unpaired) electrons. The molecule has 188 valence electrons. The SMILES string of the molecule is CNC(=O)C1CCN(C2CC[C@@](C(=O)N3CCc4ncc(C(F)(F)F)cc4C3)(C(C)C)C2)CC1. The van der Waals surface area contributed by atoms with Crippen LogP contribution in [0.3, 0.4) is 0 Å². The number of fused-ring (bicyclic) bond motifs is 1. The van der Waals surface area contributed by atoms with Gasteiger partial charge >= 0.3 is 6.18 Å². The Morgan fingerprint density at radius 2 is 1.88 bits per heavy atom. The Labute approximate surface area is 199 Å². The van der Waals surface area contributed by atoms with E-state index in [1.807, 2.05) is 0 Å². The summed E-state index contributed by atoms with van der Waals surface area (Å²) < 4.78 is 39.6. The molecular weight excluding hydrogens is 445 g/mol. The number of nitrogens with zero attached hydrogens (tertiary/aromatic N) is 3. The lowest BCUT2D eigenvalue weighted by molar-refractivity contribution is -0.146. The van der Waals surface area contributed by atoms with Gasteiger partial charge in [0.15, 0.2) is 0 Å². The van der Waals surface area contributed by atoms with E-state index < -0.39 is 17.2 Å². The summed E-state index contributed by atoms with van der Waals surface area (Å²) in [6.45, 7) is 6.55. The third-order valence-corrected chi connectivity index (χ3v) is 8.37. The van der Waals surface area contributed by atoms with Crippen LogP contribution in [0.4, 0.5) is 13.2 Å². The first kappa shape index (κ1) is 24.9. The van der Waals surface area contributed by atoms with Gasteiger partial charge in [-0.25, -0.2) is 0 Å². The zero-order valence-electron chi connectivity index (χ0n) is 20.2. The number of nitrogens with one attached hydrogen (secondary N) is 1. The summed E-state index contributed by atoms with van der Waals surface area (Å²) in [6, 6.07) is 1.45. The van der Waals surface area contributed by atoms with Gasteiger partial charge in [-0.15, -0.1) is 0 Å². The monoisotopic (exact) mass is 480 g/mol. The molecule has 1 saturated carbocycles. The van der Waals surface area contributed by atoms with Crippen LogP contribution in [-0.4, -0.2) is 59.3 Å². The Morgan fingerprint density at radius 3 is 2.50 bits per heavy atom. The number of hydrogen-bond donors (Lipinski definition) is 1. The molecule has 3 heterocycles. The zero-order valence-corrected chi connectivity index (χ0v) is 20.2. The van der Waals surface area contributed by atoms with Gasteiger partial charge in [0.2, 0.25) is 11.8 Å². The fourth-order valence-electron chi connectivity index (χ4n) is 6.13. The molecule has 6 nitrogen and oxygen atoms in total. The van der Waals surface area contributed by atoms with Crippen LogP contribution in [0, 0.1) is 17.3 Å². The fraction of sp³-hybridized carbons (Fsp3) is 0.720. The molecule has 0 aromatic carbocycles. The lowest BCUT2D eigenvalue weighted by Crippen LogP contribution is -2.49. The molecule has 1 N–H and O–H groups in total. The Bertz CT molecular complexity index is 927. The van der Waals surface area contributed by atoms with Crippen LogP contribution in [0.5, 0.6) is 0 Å². The highest BCUT2D eigenvalue weighted by Gasteiger charge is 2.51. The van der Waals surface area contributed by atoms with E-state index in [0.717, 1.165) is 57.5 Å². The summed E-state index contributed by atoms with van der Waals surface area (Å²) in [4.78, 5) is 34.1. The third kappa shape index (κ3) is 4.68. The fourth-order valence-corrected chi connectivity index (χ4v) is 6.13. The summed E-state index contributed by atoms with van der Waals surface area (Å²) in [6.07, 6.45) is 1.05. The standard InChI is InChI=1S/C25H35F3N4O2/c1-16(2)24(8-4-20(13-24)31-9-5-17(6-10-31)22(33)29-3)23(34)32-11-7-21-18(15-32)12-19(14-30-21)25(26,27)28/h12,14,16-17,20H,4-11,13,15H2,1-3H3,(H,29,33)/t20?,24-/m0/s1. The second-order valence-corrected chi connectivity index (χ2v) is 10.4. The number of pyridine rings is 1.